The number of ether oxygens (including phenoxy) is 4. The third kappa shape index (κ3) is 7.33. The van der Waals surface area contributed by atoms with E-state index in [1.807, 2.05) is 77.1 Å². The van der Waals surface area contributed by atoms with Crippen LogP contribution in [0.4, 0.5) is 0 Å². The van der Waals surface area contributed by atoms with E-state index in [2.05, 4.69) is 4.98 Å². The van der Waals surface area contributed by atoms with Gasteiger partial charge in [0.25, 0.3) is 0 Å². The van der Waals surface area contributed by atoms with Crippen molar-refractivity contribution in [1.82, 2.24) is 4.98 Å². The van der Waals surface area contributed by atoms with E-state index in [1.54, 1.807) is 6.92 Å². The Hall–Kier alpha value is -3.32. The van der Waals surface area contributed by atoms with E-state index in [9.17, 15) is 4.79 Å². The Morgan fingerprint density at radius 1 is 1.00 bits per heavy atom. The highest BCUT2D eigenvalue weighted by atomic mass is 16.6. The van der Waals surface area contributed by atoms with Crippen LogP contribution < -0.4 is 9.47 Å². The van der Waals surface area contributed by atoms with Crippen molar-refractivity contribution in [1.29, 1.82) is 0 Å². The molecule has 2 aromatic carbocycles. The van der Waals surface area contributed by atoms with Gasteiger partial charge >= 0.3 is 5.97 Å². The molecule has 0 bridgehead atoms. The molecule has 0 aliphatic carbocycles. The zero-order valence-electron chi connectivity index (χ0n) is 21.4. The van der Waals surface area contributed by atoms with E-state index >= 15 is 0 Å². The summed E-state index contributed by atoms with van der Waals surface area (Å²) < 4.78 is 28.3. The number of aromatic nitrogens is 1. The zero-order valence-corrected chi connectivity index (χ0v) is 21.4. The Morgan fingerprint density at radius 3 is 2.34 bits per heavy atom. The molecule has 3 rings (SSSR count). The van der Waals surface area contributed by atoms with Gasteiger partial charge in [-0.05, 0) is 89.1 Å². The van der Waals surface area contributed by atoms with Crippen LogP contribution in [0.3, 0.4) is 0 Å². The van der Waals surface area contributed by atoms with Crippen LogP contribution in [-0.2, 0) is 27.3 Å². The monoisotopic (exact) mass is 481 g/mol. The van der Waals surface area contributed by atoms with Crippen molar-refractivity contribution in [3.63, 3.8) is 0 Å². The number of nitrogens with zero attached hydrogens (tertiary/aromatic N) is 1. The average Bonchev–Trinajstić information content (AvgIpc) is 3.19. The number of hydrogen-bond donors (Lipinski definition) is 0. The fourth-order valence-electron chi connectivity index (χ4n) is 3.62. The SMILES string of the molecule is CCOC(=O)C(Cc1ccc(OCc2nc(-c3ccc(OC(C)C)cc3)oc2C)cc1C)OCC. The van der Waals surface area contributed by atoms with Gasteiger partial charge in [-0.15, -0.1) is 0 Å². The number of esters is 1. The highest BCUT2D eigenvalue weighted by Gasteiger charge is 2.21. The number of hydrogen-bond acceptors (Lipinski definition) is 7. The van der Waals surface area contributed by atoms with Gasteiger partial charge < -0.3 is 23.4 Å². The Labute approximate surface area is 207 Å². The summed E-state index contributed by atoms with van der Waals surface area (Å²) in [7, 11) is 0. The Bertz CT molecular complexity index is 1100. The van der Waals surface area contributed by atoms with Gasteiger partial charge in [-0.1, -0.05) is 6.07 Å². The van der Waals surface area contributed by atoms with E-state index in [0.717, 1.165) is 33.9 Å². The van der Waals surface area contributed by atoms with Crippen LogP contribution in [0, 0.1) is 13.8 Å². The summed E-state index contributed by atoms with van der Waals surface area (Å²) in [5.74, 6) is 2.45. The number of rotatable bonds is 12. The molecule has 1 unspecified atom stereocenters. The number of carbonyl (C=O) groups is 1. The van der Waals surface area contributed by atoms with Gasteiger partial charge in [0, 0.05) is 18.6 Å². The minimum absolute atomic E-state index is 0.120. The first kappa shape index (κ1) is 26.3. The van der Waals surface area contributed by atoms with E-state index in [-0.39, 0.29) is 18.7 Å². The second-order valence-electron chi connectivity index (χ2n) is 8.49. The predicted octanol–water partition coefficient (Wildman–Crippen LogP) is 5.84. The molecule has 0 saturated heterocycles. The first-order chi connectivity index (χ1) is 16.8. The van der Waals surface area contributed by atoms with Gasteiger partial charge in [-0.25, -0.2) is 9.78 Å². The highest BCUT2D eigenvalue weighted by Crippen LogP contribution is 2.26. The Balaban J connectivity index is 1.64. The molecule has 1 aromatic heterocycles. The van der Waals surface area contributed by atoms with Gasteiger partial charge in [0.2, 0.25) is 5.89 Å². The van der Waals surface area contributed by atoms with Crippen LogP contribution >= 0.6 is 0 Å². The molecule has 0 radical (unpaired) electrons. The molecule has 35 heavy (non-hydrogen) atoms. The van der Waals surface area contributed by atoms with Crippen LogP contribution in [0.25, 0.3) is 11.5 Å². The molecule has 0 amide bonds. The lowest BCUT2D eigenvalue weighted by atomic mass is 10.0. The highest BCUT2D eigenvalue weighted by molar-refractivity contribution is 5.75. The third-order valence-corrected chi connectivity index (χ3v) is 5.38. The molecule has 0 N–H and O–H groups in total. The summed E-state index contributed by atoms with van der Waals surface area (Å²) in [5.41, 5.74) is 3.63. The van der Waals surface area contributed by atoms with E-state index < -0.39 is 6.10 Å². The van der Waals surface area contributed by atoms with Crippen LogP contribution in [0.5, 0.6) is 11.5 Å². The van der Waals surface area contributed by atoms with Gasteiger partial charge in [-0.3, -0.25) is 0 Å². The van der Waals surface area contributed by atoms with Crippen LogP contribution in [0.15, 0.2) is 46.9 Å². The molecule has 3 aromatic rings. The minimum Gasteiger partial charge on any atom is -0.491 e. The van der Waals surface area contributed by atoms with Crippen LogP contribution in [0.2, 0.25) is 0 Å². The van der Waals surface area contributed by atoms with Gasteiger partial charge in [0.1, 0.15) is 29.6 Å². The van der Waals surface area contributed by atoms with Crippen molar-refractivity contribution in [2.45, 2.75) is 66.8 Å². The van der Waals surface area contributed by atoms with E-state index in [0.29, 0.717) is 31.3 Å². The van der Waals surface area contributed by atoms with Crippen molar-refractivity contribution >= 4 is 5.97 Å². The average molecular weight is 482 g/mol. The lowest BCUT2D eigenvalue weighted by Crippen LogP contribution is -2.29. The molecule has 0 spiro atoms. The number of carbonyl (C=O) groups excluding carboxylic acids is 1. The molecule has 188 valence electrons. The van der Waals surface area contributed by atoms with Crippen LogP contribution in [0.1, 0.15) is 50.3 Å². The smallest absolute Gasteiger partial charge is 0.335 e. The van der Waals surface area contributed by atoms with Crippen LogP contribution in [-0.4, -0.2) is 36.4 Å². The molecule has 0 fully saturated rings. The maximum Gasteiger partial charge on any atom is 0.335 e. The first-order valence-corrected chi connectivity index (χ1v) is 12.0. The van der Waals surface area contributed by atoms with Gasteiger partial charge in [0.15, 0.2) is 6.10 Å². The molecule has 0 saturated carbocycles. The standard InChI is InChI=1S/C28H35NO6/c1-7-31-26(28(30)32-8-2)16-22-11-14-24(15-19(22)5)33-17-25-20(6)35-27(29-25)21-9-12-23(13-10-21)34-18(3)4/h9-15,18,26H,7-8,16-17H2,1-6H3. The van der Waals surface area contributed by atoms with Crippen molar-refractivity contribution < 1.29 is 28.2 Å². The fourth-order valence-corrected chi connectivity index (χ4v) is 3.62. The Morgan fingerprint density at radius 2 is 1.71 bits per heavy atom. The Kier molecular flexibility index (Phi) is 9.32. The molecule has 0 aliphatic rings. The van der Waals surface area contributed by atoms with E-state index in [4.69, 9.17) is 23.4 Å². The van der Waals surface area contributed by atoms with Crippen molar-refractivity contribution in [2.24, 2.45) is 0 Å². The molecular formula is C28H35NO6. The van der Waals surface area contributed by atoms with Gasteiger partial charge in [0.05, 0.1) is 12.7 Å². The number of aryl methyl sites for hydroxylation is 2. The topological polar surface area (TPSA) is 80.0 Å². The summed E-state index contributed by atoms with van der Waals surface area (Å²) in [5, 5.41) is 0. The summed E-state index contributed by atoms with van der Waals surface area (Å²) >= 11 is 0. The maximum absolute atomic E-state index is 12.2. The number of oxazole rings is 1. The lowest BCUT2D eigenvalue weighted by Gasteiger charge is -2.17. The minimum atomic E-state index is -0.618. The summed E-state index contributed by atoms with van der Waals surface area (Å²) in [6.07, 6.45) is -0.0477. The van der Waals surface area contributed by atoms with E-state index in [1.165, 1.54) is 0 Å². The largest absolute Gasteiger partial charge is 0.491 e. The summed E-state index contributed by atoms with van der Waals surface area (Å²) in [4.78, 5) is 16.8. The van der Waals surface area contributed by atoms with Crippen molar-refractivity contribution in [3.05, 3.63) is 65.0 Å². The third-order valence-electron chi connectivity index (χ3n) is 5.38. The molecule has 1 heterocycles. The van der Waals surface area contributed by atoms with Crippen molar-refractivity contribution in [3.8, 4) is 23.0 Å². The first-order valence-electron chi connectivity index (χ1n) is 12.0. The second-order valence-corrected chi connectivity index (χ2v) is 8.49. The van der Waals surface area contributed by atoms with Gasteiger partial charge in [-0.2, -0.15) is 0 Å². The van der Waals surface area contributed by atoms with Crippen molar-refractivity contribution in [2.75, 3.05) is 13.2 Å². The molecule has 7 nitrogen and oxygen atoms in total. The molecule has 1 atom stereocenters. The molecular weight excluding hydrogens is 446 g/mol. The normalized spacial score (nSPS) is 12.0. The lowest BCUT2D eigenvalue weighted by molar-refractivity contribution is -0.156. The quantitative estimate of drug-likeness (QED) is 0.301. The fraction of sp³-hybridized carbons (Fsp3) is 0.429. The maximum atomic E-state index is 12.2. The molecule has 0 aliphatic heterocycles. The second kappa shape index (κ2) is 12.4. The summed E-state index contributed by atoms with van der Waals surface area (Å²) in [6.45, 7) is 12.6. The molecule has 7 heteroatoms. The summed E-state index contributed by atoms with van der Waals surface area (Å²) in [6, 6.07) is 13.5. The zero-order chi connectivity index (χ0) is 25.4. The predicted molar refractivity (Wildman–Crippen MR) is 134 cm³/mol. The number of benzene rings is 2.